The van der Waals surface area contributed by atoms with Crippen LogP contribution in [-0.2, 0) is 0 Å². The Morgan fingerprint density at radius 1 is 1.14 bits per heavy atom. The van der Waals surface area contributed by atoms with Crippen molar-refractivity contribution < 1.29 is 4.79 Å². The lowest BCUT2D eigenvalue weighted by Gasteiger charge is -2.24. The first-order valence-corrected chi connectivity index (χ1v) is 8.97. The van der Waals surface area contributed by atoms with Crippen LogP contribution in [0.25, 0.3) is 0 Å². The van der Waals surface area contributed by atoms with Crippen LogP contribution in [0.5, 0.6) is 0 Å². The molecule has 7 heteroatoms. The summed E-state index contributed by atoms with van der Waals surface area (Å²) in [5.74, 6) is 0.884. The summed E-state index contributed by atoms with van der Waals surface area (Å²) in [5, 5.41) is 3.39. The lowest BCUT2D eigenvalue weighted by Crippen LogP contribution is -2.37. The quantitative estimate of drug-likeness (QED) is 0.667. The molecule has 0 saturated carbocycles. The van der Waals surface area contributed by atoms with E-state index in [0.717, 1.165) is 16.9 Å². The maximum Gasteiger partial charge on any atom is 0.259 e. The molecular formula is C21H21N6O+. The summed E-state index contributed by atoms with van der Waals surface area (Å²) >= 11 is 0. The van der Waals surface area contributed by atoms with Crippen LogP contribution in [0.15, 0.2) is 65.9 Å². The van der Waals surface area contributed by atoms with E-state index in [4.69, 9.17) is 10.7 Å². The van der Waals surface area contributed by atoms with Crippen LogP contribution < -0.4 is 15.5 Å². The predicted octanol–water partition coefficient (Wildman–Crippen LogP) is 3.69. The van der Waals surface area contributed by atoms with E-state index in [1.165, 1.54) is 0 Å². The van der Waals surface area contributed by atoms with Crippen LogP contribution in [0.1, 0.15) is 28.9 Å². The molecule has 2 aromatic carbocycles. The number of aliphatic imine (C=N–C) groups is 1. The van der Waals surface area contributed by atoms with Gasteiger partial charge < -0.3 is 11.1 Å². The number of rotatable bonds is 5. The minimum absolute atomic E-state index is 0.0806. The number of nitrogens with zero attached hydrogens (tertiary/aromatic N) is 4. The number of aromatic nitrogens is 2. The van der Waals surface area contributed by atoms with Gasteiger partial charge in [-0.25, -0.2) is 0 Å². The molecule has 1 unspecified atom stereocenters. The standard InChI is InChI=1S/C21H20N6O/c1-14(15-6-4-3-5-7-15)25-19-11-23-12-20(26-19)27(2)13-24-17-9-8-16(21(22)28)10-18(17)27/h3-14H,1-2H3,(H2-,22,25,26,28)/p+1/t14-,27?/m0/s1. The SMILES string of the molecule is C[C@H](Nc1cncc([N+]2(C)C=Nc3ccc(C(N)=O)cc32)n1)c1ccccc1. The zero-order valence-corrected chi connectivity index (χ0v) is 15.7. The van der Waals surface area contributed by atoms with Crippen molar-refractivity contribution in [1.82, 2.24) is 14.5 Å². The zero-order valence-electron chi connectivity index (χ0n) is 15.7. The van der Waals surface area contributed by atoms with Gasteiger partial charge in [0.1, 0.15) is 11.9 Å². The van der Waals surface area contributed by atoms with E-state index in [1.807, 2.05) is 25.2 Å². The molecule has 2 heterocycles. The predicted molar refractivity (Wildman–Crippen MR) is 111 cm³/mol. The lowest BCUT2D eigenvalue weighted by molar-refractivity contribution is 0.100. The second-order valence-electron chi connectivity index (χ2n) is 6.93. The fourth-order valence-corrected chi connectivity index (χ4v) is 3.28. The number of nitrogens with one attached hydrogen (secondary N) is 1. The van der Waals surface area contributed by atoms with Gasteiger partial charge in [-0.2, -0.15) is 14.5 Å². The van der Waals surface area contributed by atoms with Gasteiger partial charge in [0, 0.05) is 17.7 Å². The number of hydrogen-bond acceptors (Lipinski definition) is 5. The molecule has 4 rings (SSSR count). The first-order chi connectivity index (χ1) is 13.5. The van der Waals surface area contributed by atoms with E-state index < -0.39 is 5.91 Å². The largest absolute Gasteiger partial charge is 0.366 e. The average Bonchev–Trinajstić information content (AvgIpc) is 3.06. The molecule has 0 spiro atoms. The first kappa shape index (κ1) is 17.8. The molecule has 1 aliphatic heterocycles. The van der Waals surface area contributed by atoms with Gasteiger partial charge in [0.15, 0.2) is 11.5 Å². The van der Waals surface area contributed by atoms with Gasteiger partial charge in [-0.3, -0.25) is 9.78 Å². The average molecular weight is 373 g/mol. The van der Waals surface area contributed by atoms with E-state index in [2.05, 4.69) is 34.3 Å². The molecule has 1 aromatic heterocycles. The third-order valence-corrected chi connectivity index (χ3v) is 4.95. The molecule has 0 radical (unpaired) electrons. The molecule has 3 aromatic rings. The van der Waals surface area contributed by atoms with Crippen molar-refractivity contribution in [3.63, 3.8) is 0 Å². The number of primary amides is 1. The van der Waals surface area contributed by atoms with Crippen molar-refractivity contribution >= 4 is 35.3 Å². The number of carbonyl (C=O) groups is 1. The Morgan fingerprint density at radius 3 is 2.68 bits per heavy atom. The molecule has 0 saturated heterocycles. The zero-order chi connectivity index (χ0) is 19.7. The van der Waals surface area contributed by atoms with Crippen molar-refractivity contribution in [2.24, 2.45) is 10.7 Å². The minimum Gasteiger partial charge on any atom is -0.366 e. The summed E-state index contributed by atoms with van der Waals surface area (Å²) in [5.41, 5.74) is 8.66. The smallest absolute Gasteiger partial charge is 0.259 e. The van der Waals surface area contributed by atoms with Gasteiger partial charge in [-0.15, -0.1) is 0 Å². The van der Waals surface area contributed by atoms with Gasteiger partial charge in [-0.1, -0.05) is 30.3 Å². The third-order valence-electron chi connectivity index (χ3n) is 4.95. The fourth-order valence-electron chi connectivity index (χ4n) is 3.28. The van der Waals surface area contributed by atoms with Crippen molar-refractivity contribution in [3.05, 3.63) is 72.1 Å². The van der Waals surface area contributed by atoms with Gasteiger partial charge in [0.05, 0.1) is 13.2 Å². The van der Waals surface area contributed by atoms with E-state index >= 15 is 0 Å². The van der Waals surface area contributed by atoms with Crippen molar-refractivity contribution in [3.8, 4) is 0 Å². The molecule has 140 valence electrons. The maximum absolute atomic E-state index is 11.6. The van der Waals surface area contributed by atoms with Gasteiger partial charge >= 0.3 is 0 Å². The van der Waals surface area contributed by atoms with Crippen LogP contribution in [0.4, 0.5) is 23.0 Å². The van der Waals surface area contributed by atoms with Gasteiger partial charge in [-0.05, 0) is 24.6 Å². The maximum atomic E-state index is 11.6. The fraction of sp³-hybridized carbons (Fsp3) is 0.143. The number of carbonyl (C=O) groups excluding carboxylic acids is 1. The molecule has 3 N–H and O–H groups in total. The Labute approximate surface area is 163 Å². The molecule has 0 fully saturated rings. The Morgan fingerprint density at radius 2 is 1.93 bits per heavy atom. The first-order valence-electron chi connectivity index (χ1n) is 8.97. The summed E-state index contributed by atoms with van der Waals surface area (Å²) in [4.78, 5) is 25.2. The van der Waals surface area contributed by atoms with Crippen molar-refractivity contribution in [2.75, 3.05) is 12.4 Å². The topological polar surface area (TPSA) is 93.3 Å². The summed E-state index contributed by atoms with van der Waals surface area (Å²) in [6.07, 6.45) is 5.18. The summed E-state index contributed by atoms with van der Waals surface area (Å²) < 4.78 is 0.207. The van der Waals surface area contributed by atoms with Crippen LogP contribution in [0.2, 0.25) is 0 Å². The Kier molecular flexibility index (Phi) is 4.37. The van der Waals surface area contributed by atoms with Crippen LogP contribution in [-0.4, -0.2) is 29.3 Å². The van der Waals surface area contributed by atoms with Gasteiger partial charge in [0.25, 0.3) is 5.82 Å². The van der Waals surface area contributed by atoms with Crippen LogP contribution in [0.3, 0.4) is 0 Å². The number of fused-ring (bicyclic) bond motifs is 1. The second-order valence-corrected chi connectivity index (χ2v) is 6.93. The van der Waals surface area contributed by atoms with Crippen molar-refractivity contribution in [1.29, 1.82) is 0 Å². The molecule has 28 heavy (non-hydrogen) atoms. The van der Waals surface area contributed by atoms with E-state index in [-0.39, 0.29) is 10.5 Å². The number of nitrogens with two attached hydrogens (primary N) is 1. The lowest BCUT2D eigenvalue weighted by atomic mass is 10.1. The highest BCUT2D eigenvalue weighted by Gasteiger charge is 2.37. The monoisotopic (exact) mass is 373 g/mol. The molecule has 0 bridgehead atoms. The third kappa shape index (κ3) is 3.12. The minimum atomic E-state index is -0.473. The highest BCUT2D eigenvalue weighted by molar-refractivity contribution is 5.99. The van der Waals surface area contributed by atoms with Gasteiger partial charge in [0.2, 0.25) is 12.2 Å². The number of amides is 1. The van der Waals surface area contributed by atoms with E-state index in [1.54, 1.807) is 36.9 Å². The molecule has 0 aliphatic carbocycles. The normalized spacial score (nSPS) is 18.5. The summed E-state index contributed by atoms with van der Waals surface area (Å²) in [6, 6.07) is 15.5. The molecular weight excluding hydrogens is 352 g/mol. The van der Waals surface area contributed by atoms with Crippen LogP contribution in [0, 0.1) is 0 Å². The summed E-state index contributed by atoms with van der Waals surface area (Å²) in [6.45, 7) is 2.08. The second kappa shape index (κ2) is 6.86. The number of anilines is 1. The van der Waals surface area contributed by atoms with E-state index in [9.17, 15) is 4.79 Å². The Bertz CT molecular complexity index is 1070. The number of benzene rings is 2. The number of hydrogen-bond donors (Lipinski definition) is 2. The summed E-state index contributed by atoms with van der Waals surface area (Å²) in [7, 11) is 1.95. The van der Waals surface area contributed by atoms with Crippen molar-refractivity contribution in [2.45, 2.75) is 13.0 Å². The molecule has 7 nitrogen and oxygen atoms in total. The molecule has 1 amide bonds. The van der Waals surface area contributed by atoms with E-state index in [0.29, 0.717) is 17.2 Å². The highest BCUT2D eigenvalue weighted by atomic mass is 16.1. The highest BCUT2D eigenvalue weighted by Crippen LogP contribution is 2.42. The molecule has 2 atom stereocenters. The molecule has 1 aliphatic rings. The van der Waals surface area contributed by atoms with Crippen LogP contribution >= 0.6 is 0 Å². The Balaban J connectivity index is 1.66. The Hall–Kier alpha value is -3.58. The number of quaternary nitrogens is 1.